The standard InChI is InChI=1S/C15H15FN2O2/c1-2-9-20-12-6-3-5-11(10-12)18-15(19)13-7-4-8-17-14(13)16/h3-8,10H,2,9H2,1H3,(H,18,19). The van der Waals surface area contributed by atoms with Gasteiger partial charge in [-0.25, -0.2) is 4.98 Å². The van der Waals surface area contributed by atoms with Gasteiger partial charge in [0.25, 0.3) is 5.91 Å². The van der Waals surface area contributed by atoms with Gasteiger partial charge in [0.2, 0.25) is 5.95 Å². The Morgan fingerprint density at radius 2 is 2.20 bits per heavy atom. The summed E-state index contributed by atoms with van der Waals surface area (Å²) in [5.74, 6) is -0.664. The highest BCUT2D eigenvalue weighted by atomic mass is 19.1. The van der Waals surface area contributed by atoms with Crippen molar-refractivity contribution in [2.24, 2.45) is 0 Å². The zero-order chi connectivity index (χ0) is 14.4. The van der Waals surface area contributed by atoms with Gasteiger partial charge in [-0.2, -0.15) is 4.39 Å². The maximum Gasteiger partial charge on any atom is 0.260 e. The maximum absolute atomic E-state index is 13.4. The summed E-state index contributed by atoms with van der Waals surface area (Å²) in [5.41, 5.74) is 0.458. The molecule has 1 N–H and O–H groups in total. The Labute approximate surface area is 116 Å². The molecule has 0 bridgehead atoms. The van der Waals surface area contributed by atoms with Crippen LogP contribution in [0.25, 0.3) is 0 Å². The van der Waals surface area contributed by atoms with Gasteiger partial charge in [0, 0.05) is 18.0 Å². The number of halogens is 1. The highest BCUT2D eigenvalue weighted by molar-refractivity contribution is 6.04. The van der Waals surface area contributed by atoms with E-state index in [2.05, 4.69) is 10.3 Å². The number of nitrogens with one attached hydrogen (secondary N) is 1. The molecule has 2 aromatic rings. The largest absolute Gasteiger partial charge is 0.494 e. The molecule has 0 aliphatic rings. The molecule has 0 fully saturated rings. The molecule has 0 aliphatic carbocycles. The monoisotopic (exact) mass is 274 g/mol. The van der Waals surface area contributed by atoms with Crippen molar-refractivity contribution in [3.63, 3.8) is 0 Å². The van der Waals surface area contributed by atoms with Crippen LogP contribution in [0.3, 0.4) is 0 Å². The molecule has 104 valence electrons. The molecular formula is C15H15FN2O2. The minimum atomic E-state index is -0.789. The third-order valence-electron chi connectivity index (χ3n) is 2.57. The second kappa shape index (κ2) is 6.65. The molecule has 0 saturated heterocycles. The second-order valence-corrected chi connectivity index (χ2v) is 4.17. The lowest BCUT2D eigenvalue weighted by Crippen LogP contribution is -2.14. The van der Waals surface area contributed by atoms with Crippen LogP contribution in [0.5, 0.6) is 5.75 Å². The smallest absolute Gasteiger partial charge is 0.260 e. The van der Waals surface area contributed by atoms with E-state index in [9.17, 15) is 9.18 Å². The summed E-state index contributed by atoms with van der Waals surface area (Å²) < 4.78 is 18.9. The van der Waals surface area contributed by atoms with Gasteiger partial charge in [-0.1, -0.05) is 13.0 Å². The molecule has 0 aliphatic heterocycles. The zero-order valence-corrected chi connectivity index (χ0v) is 11.1. The summed E-state index contributed by atoms with van der Waals surface area (Å²) in [5, 5.41) is 2.62. The second-order valence-electron chi connectivity index (χ2n) is 4.17. The normalized spacial score (nSPS) is 10.1. The van der Waals surface area contributed by atoms with E-state index in [-0.39, 0.29) is 5.56 Å². The lowest BCUT2D eigenvalue weighted by atomic mass is 10.2. The van der Waals surface area contributed by atoms with E-state index in [1.54, 1.807) is 24.3 Å². The highest BCUT2D eigenvalue weighted by Crippen LogP contribution is 2.18. The van der Waals surface area contributed by atoms with Gasteiger partial charge < -0.3 is 10.1 Å². The van der Waals surface area contributed by atoms with Crippen LogP contribution in [0, 0.1) is 5.95 Å². The van der Waals surface area contributed by atoms with Crippen LogP contribution in [-0.2, 0) is 0 Å². The molecule has 1 amide bonds. The van der Waals surface area contributed by atoms with Crippen LogP contribution < -0.4 is 10.1 Å². The number of hydrogen-bond donors (Lipinski definition) is 1. The fraction of sp³-hybridized carbons (Fsp3) is 0.200. The van der Waals surface area contributed by atoms with Gasteiger partial charge in [0.05, 0.1) is 12.2 Å². The molecule has 1 aromatic heterocycles. The summed E-state index contributed by atoms with van der Waals surface area (Å²) in [4.78, 5) is 15.4. The van der Waals surface area contributed by atoms with E-state index in [0.29, 0.717) is 18.0 Å². The third-order valence-corrected chi connectivity index (χ3v) is 2.57. The predicted molar refractivity (Wildman–Crippen MR) is 74.4 cm³/mol. The molecule has 2 rings (SSSR count). The van der Waals surface area contributed by atoms with Crippen LogP contribution in [0.1, 0.15) is 23.7 Å². The Morgan fingerprint density at radius 3 is 2.95 bits per heavy atom. The van der Waals surface area contributed by atoms with Crippen molar-refractivity contribution in [3.8, 4) is 5.75 Å². The predicted octanol–water partition coefficient (Wildman–Crippen LogP) is 3.26. The number of pyridine rings is 1. The van der Waals surface area contributed by atoms with Crippen molar-refractivity contribution in [2.75, 3.05) is 11.9 Å². The van der Waals surface area contributed by atoms with Crippen molar-refractivity contribution >= 4 is 11.6 Å². The summed E-state index contributed by atoms with van der Waals surface area (Å²) in [6, 6.07) is 9.87. The number of nitrogens with zero attached hydrogens (tertiary/aromatic N) is 1. The lowest BCUT2D eigenvalue weighted by molar-refractivity contribution is 0.102. The topological polar surface area (TPSA) is 51.2 Å². The van der Waals surface area contributed by atoms with E-state index in [1.165, 1.54) is 18.3 Å². The van der Waals surface area contributed by atoms with Crippen molar-refractivity contribution in [1.29, 1.82) is 0 Å². The van der Waals surface area contributed by atoms with Crippen LogP contribution in [0.15, 0.2) is 42.6 Å². The van der Waals surface area contributed by atoms with Gasteiger partial charge in [0.1, 0.15) is 5.75 Å². The van der Waals surface area contributed by atoms with Crippen molar-refractivity contribution < 1.29 is 13.9 Å². The Hall–Kier alpha value is -2.43. The molecule has 0 unspecified atom stereocenters. The maximum atomic E-state index is 13.4. The zero-order valence-electron chi connectivity index (χ0n) is 11.1. The van der Waals surface area contributed by atoms with Gasteiger partial charge >= 0.3 is 0 Å². The molecule has 0 saturated carbocycles. The molecule has 20 heavy (non-hydrogen) atoms. The number of benzene rings is 1. The first-order valence-corrected chi connectivity index (χ1v) is 6.35. The minimum Gasteiger partial charge on any atom is -0.494 e. The van der Waals surface area contributed by atoms with Crippen LogP contribution in [-0.4, -0.2) is 17.5 Å². The first-order chi connectivity index (χ1) is 9.70. The Morgan fingerprint density at radius 1 is 1.35 bits per heavy atom. The van der Waals surface area contributed by atoms with Crippen molar-refractivity contribution in [2.45, 2.75) is 13.3 Å². The van der Waals surface area contributed by atoms with Crippen LogP contribution >= 0.6 is 0 Å². The number of carbonyl (C=O) groups is 1. The van der Waals surface area contributed by atoms with Gasteiger partial charge in [-0.05, 0) is 30.7 Å². The molecular weight excluding hydrogens is 259 g/mol. The van der Waals surface area contributed by atoms with Crippen LogP contribution in [0.4, 0.5) is 10.1 Å². The fourth-order valence-electron chi connectivity index (χ4n) is 1.64. The number of carbonyl (C=O) groups excluding carboxylic acids is 1. The molecule has 0 radical (unpaired) electrons. The summed E-state index contributed by atoms with van der Waals surface area (Å²) in [7, 11) is 0. The summed E-state index contributed by atoms with van der Waals surface area (Å²) >= 11 is 0. The average Bonchev–Trinajstić information content (AvgIpc) is 2.46. The molecule has 5 heteroatoms. The minimum absolute atomic E-state index is 0.0904. The number of aromatic nitrogens is 1. The number of ether oxygens (including phenoxy) is 1. The molecule has 0 atom stereocenters. The van der Waals surface area contributed by atoms with E-state index in [4.69, 9.17) is 4.74 Å². The third kappa shape index (κ3) is 3.54. The van der Waals surface area contributed by atoms with Crippen molar-refractivity contribution in [1.82, 2.24) is 4.98 Å². The molecule has 1 heterocycles. The number of rotatable bonds is 5. The quantitative estimate of drug-likeness (QED) is 0.851. The van der Waals surface area contributed by atoms with E-state index >= 15 is 0 Å². The van der Waals surface area contributed by atoms with Gasteiger partial charge in [-0.15, -0.1) is 0 Å². The average molecular weight is 274 g/mol. The first-order valence-electron chi connectivity index (χ1n) is 6.35. The van der Waals surface area contributed by atoms with Gasteiger partial charge in [-0.3, -0.25) is 4.79 Å². The summed E-state index contributed by atoms with van der Waals surface area (Å²) in [6.45, 7) is 2.62. The summed E-state index contributed by atoms with van der Waals surface area (Å²) in [6.07, 6.45) is 2.20. The first kappa shape index (κ1) is 14.0. The molecule has 0 spiro atoms. The fourth-order valence-corrected chi connectivity index (χ4v) is 1.64. The Balaban J connectivity index is 2.10. The highest BCUT2D eigenvalue weighted by Gasteiger charge is 2.12. The lowest BCUT2D eigenvalue weighted by Gasteiger charge is -2.08. The van der Waals surface area contributed by atoms with Gasteiger partial charge in [0.15, 0.2) is 0 Å². The Kier molecular flexibility index (Phi) is 4.65. The molecule has 1 aromatic carbocycles. The molecule has 4 nitrogen and oxygen atoms in total. The number of hydrogen-bond acceptors (Lipinski definition) is 3. The van der Waals surface area contributed by atoms with E-state index in [0.717, 1.165) is 6.42 Å². The van der Waals surface area contributed by atoms with Crippen LogP contribution in [0.2, 0.25) is 0 Å². The number of amides is 1. The SMILES string of the molecule is CCCOc1cccc(NC(=O)c2cccnc2F)c1. The Bertz CT molecular complexity index is 602. The van der Waals surface area contributed by atoms with E-state index < -0.39 is 11.9 Å². The van der Waals surface area contributed by atoms with E-state index in [1.807, 2.05) is 6.92 Å². The number of anilines is 1. The van der Waals surface area contributed by atoms with Crippen molar-refractivity contribution in [3.05, 3.63) is 54.1 Å².